The van der Waals surface area contributed by atoms with Gasteiger partial charge in [0.05, 0.1) is 24.4 Å². The molecule has 0 atom stereocenters. The molecule has 0 spiro atoms. The van der Waals surface area contributed by atoms with Crippen molar-refractivity contribution in [2.24, 2.45) is 0 Å². The van der Waals surface area contributed by atoms with Crippen molar-refractivity contribution in [3.8, 4) is 6.07 Å². The Morgan fingerprint density at radius 1 is 1.71 bits per heavy atom. The van der Waals surface area contributed by atoms with Crippen LogP contribution in [0.25, 0.3) is 0 Å². The van der Waals surface area contributed by atoms with Gasteiger partial charge in [0, 0.05) is 18.8 Å². The number of amides is 1. The predicted molar refractivity (Wildman–Crippen MR) is 63.7 cm³/mol. The molecule has 0 saturated heterocycles. The summed E-state index contributed by atoms with van der Waals surface area (Å²) in [6.45, 7) is 4.45. The van der Waals surface area contributed by atoms with Crippen LogP contribution in [-0.2, 0) is 11.3 Å². The van der Waals surface area contributed by atoms with Gasteiger partial charge in [0.25, 0.3) is 0 Å². The van der Waals surface area contributed by atoms with Gasteiger partial charge in [-0.3, -0.25) is 9.48 Å². The van der Waals surface area contributed by atoms with Crippen LogP contribution in [-0.4, -0.2) is 33.2 Å². The molecular formula is C11H17N5O. The molecule has 0 unspecified atom stereocenters. The third-order valence-corrected chi connectivity index (χ3v) is 2.36. The van der Waals surface area contributed by atoms with Crippen molar-refractivity contribution >= 4 is 11.6 Å². The summed E-state index contributed by atoms with van der Waals surface area (Å²) in [4.78, 5) is 13.7. The number of nitrogens with zero attached hydrogens (tertiary/aromatic N) is 4. The molecule has 0 aliphatic heterocycles. The highest BCUT2D eigenvalue weighted by Crippen LogP contribution is 2.04. The van der Waals surface area contributed by atoms with E-state index in [1.807, 2.05) is 19.9 Å². The van der Waals surface area contributed by atoms with Gasteiger partial charge in [-0.25, -0.2) is 0 Å². The van der Waals surface area contributed by atoms with E-state index in [1.54, 1.807) is 11.1 Å². The lowest BCUT2D eigenvalue weighted by atomic mass is 10.3. The van der Waals surface area contributed by atoms with Crippen molar-refractivity contribution in [1.29, 1.82) is 5.26 Å². The highest BCUT2D eigenvalue weighted by Gasteiger charge is 2.17. The minimum absolute atomic E-state index is 0.0571. The maximum atomic E-state index is 12.0. The van der Waals surface area contributed by atoms with E-state index < -0.39 is 0 Å². The van der Waals surface area contributed by atoms with Crippen LogP contribution in [0.15, 0.2) is 12.4 Å². The highest BCUT2D eigenvalue weighted by molar-refractivity contribution is 5.76. The Balaban J connectivity index is 2.62. The second-order valence-electron chi connectivity index (χ2n) is 4.06. The van der Waals surface area contributed by atoms with Crippen LogP contribution in [0, 0.1) is 11.3 Å². The third kappa shape index (κ3) is 3.79. The molecule has 0 aliphatic carbocycles. The summed E-state index contributed by atoms with van der Waals surface area (Å²) < 4.78 is 1.50. The van der Waals surface area contributed by atoms with E-state index in [0.717, 1.165) is 0 Å². The second-order valence-corrected chi connectivity index (χ2v) is 4.06. The van der Waals surface area contributed by atoms with E-state index in [9.17, 15) is 4.79 Å². The Morgan fingerprint density at radius 3 is 2.88 bits per heavy atom. The highest BCUT2D eigenvalue weighted by atomic mass is 16.2. The Kier molecular flexibility index (Phi) is 4.52. The molecule has 0 aromatic carbocycles. The molecule has 0 radical (unpaired) electrons. The molecule has 0 fully saturated rings. The molecule has 1 aromatic rings. The summed E-state index contributed by atoms with van der Waals surface area (Å²) in [5.74, 6) is -0.0571. The molecule has 17 heavy (non-hydrogen) atoms. The fourth-order valence-corrected chi connectivity index (χ4v) is 1.54. The zero-order chi connectivity index (χ0) is 12.8. The lowest BCUT2D eigenvalue weighted by molar-refractivity contribution is -0.133. The number of hydrogen-bond donors (Lipinski definition) is 1. The van der Waals surface area contributed by atoms with E-state index in [0.29, 0.717) is 18.7 Å². The fraction of sp³-hybridized carbons (Fsp3) is 0.545. The van der Waals surface area contributed by atoms with Gasteiger partial charge in [-0.2, -0.15) is 10.4 Å². The van der Waals surface area contributed by atoms with E-state index in [-0.39, 0.29) is 18.5 Å². The zero-order valence-electron chi connectivity index (χ0n) is 10.1. The zero-order valence-corrected chi connectivity index (χ0v) is 10.1. The molecule has 92 valence electrons. The van der Waals surface area contributed by atoms with Gasteiger partial charge in [0.1, 0.15) is 6.54 Å². The standard InChI is InChI=1S/C11H17N5O/c1-9(2)16(5-3-4-12)11(17)8-15-7-10(13)6-14-15/h6-7,9H,3,5,8,13H2,1-2H3. The van der Waals surface area contributed by atoms with Gasteiger partial charge in [0.15, 0.2) is 0 Å². The molecule has 1 heterocycles. The Labute approximate surface area is 101 Å². The number of rotatable bonds is 5. The van der Waals surface area contributed by atoms with Gasteiger partial charge in [0.2, 0.25) is 5.91 Å². The van der Waals surface area contributed by atoms with E-state index in [1.165, 1.54) is 10.9 Å². The number of aromatic nitrogens is 2. The van der Waals surface area contributed by atoms with Crippen molar-refractivity contribution in [3.05, 3.63) is 12.4 Å². The van der Waals surface area contributed by atoms with Crippen molar-refractivity contribution in [1.82, 2.24) is 14.7 Å². The van der Waals surface area contributed by atoms with E-state index in [2.05, 4.69) is 5.10 Å². The maximum absolute atomic E-state index is 12.0. The van der Waals surface area contributed by atoms with Crippen LogP contribution in [0.2, 0.25) is 0 Å². The van der Waals surface area contributed by atoms with Gasteiger partial charge in [-0.1, -0.05) is 0 Å². The first kappa shape index (κ1) is 13.0. The Bertz CT molecular complexity index is 418. The molecule has 0 bridgehead atoms. The van der Waals surface area contributed by atoms with Crippen molar-refractivity contribution in [3.63, 3.8) is 0 Å². The van der Waals surface area contributed by atoms with Crippen LogP contribution in [0.5, 0.6) is 0 Å². The summed E-state index contributed by atoms with van der Waals surface area (Å²) in [7, 11) is 0. The van der Waals surface area contributed by atoms with Crippen LogP contribution < -0.4 is 5.73 Å². The lowest BCUT2D eigenvalue weighted by Gasteiger charge is -2.25. The maximum Gasteiger partial charge on any atom is 0.244 e. The average molecular weight is 235 g/mol. The number of nitriles is 1. The molecule has 1 amide bonds. The first-order valence-corrected chi connectivity index (χ1v) is 5.49. The van der Waals surface area contributed by atoms with Crippen LogP contribution in [0.3, 0.4) is 0 Å². The van der Waals surface area contributed by atoms with Gasteiger partial charge in [-0.05, 0) is 13.8 Å². The lowest BCUT2D eigenvalue weighted by Crippen LogP contribution is -2.39. The quantitative estimate of drug-likeness (QED) is 0.810. The molecule has 6 nitrogen and oxygen atoms in total. The number of hydrogen-bond acceptors (Lipinski definition) is 4. The van der Waals surface area contributed by atoms with E-state index in [4.69, 9.17) is 11.0 Å². The number of anilines is 1. The molecule has 0 saturated carbocycles. The normalized spacial score (nSPS) is 10.2. The molecule has 1 rings (SSSR count). The van der Waals surface area contributed by atoms with Gasteiger partial charge in [-0.15, -0.1) is 0 Å². The van der Waals surface area contributed by atoms with Crippen molar-refractivity contribution < 1.29 is 4.79 Å². The average Bonchev–Trinajstić information content (AvgIpc) is 2.64. The summed E-state index contributed by atoms with van der Waals surface area (Å²) in [6.07, 6.45) is 3.45. The number of carbonyl (C=O) groups is 1. The summed E-state index contributed by atoms with van der Waals surface area (Å²) in [5.41, 5.74) is 6.05. The fourth-order valence-electron chi connectivity index (χ4n) is 1.54. The van der Waals surface area contributed by atoms with Gasteiger partial charge >= 0.3 is 0 Å². The number of nitrogens with two attached hydrogens (primary N) is 1. The smallest absolute Gasteiger partial charge is 0.244 e. The van der Waals surface area contributed by atoms with Crippen molar-refractivity contribution in [2.45, 2.75) is 32.9 Å². The monoisotopic (exact) mass is 235 g/mol. The van der Waals surface area contributed by atoms with Crippen LogP contribution in [0.4, 0.5) is 5.69 Å². The Morgan fingerprint density at radius 2 is 2.41 bits per heavy atom. The minimum atomic E-state index is -0.0571. The van der Waals surface area contributed by atoms with E-state index >= 15 is 0 Å². The molecular weight excluding hydrogens is 218 g/mol. The van der Waals surface area contributed by atoms with Crippen LogP contribution >= 0.6 is 0 Å². The summed E-state index contributed by atoms with van der Waals surface area (Å²) in [6, 6.07) is 2.11. The molecule has 2 N–H and O–H groups in total. The topological polar surface area (TPSA) is 87.9 Å². The third-order valence-electron chi connectivity index (χ3n) is 2.36. The summed E-state index contributed by atoms with van der Waals surface area (Å²) in [5, 5.41) is 12.5. The number of carbonyl (C=O) groups excluding carboxylic acids is 1. The molecule has 1 aromatic heterocycles. The Hall–Kier alpha value is -2.03. The molecule has 0 aliphatic rings. The molecule has 6 heteroatoms. The SMILES string of the molecule is CC(C)N(CCC#N)C(=O)Cn1cc(N)cn1. The predicted octanol–water partition coefficient (Wildman–Crippen LogP) is 0.616. The minimum Gasteiger partial charge on any atom is -0.396 e. The second kappa shape index (κ2) is 5.89. The first-order chi connectivity index (χ1) is 8.04. The summed E-state index contributed by atoms with van der Waals surface area (Å²) >= 11 is 0. The van der Waals surface area contributed by atoms with Crippen LogP contribution in [0.1, 0.15) is 20.3 Å². The van der Waals surface area contributed by atoms with Gasteiger partial charge < -0.3 is 10.6 Å². The number of nitrogen functional groups attached to an aromatic ring is 1. The largest absolute Gasteiger partial charge is 0.396 e. The van der Waals surface area contributed by atoms with Crippen molar-refractivity contribution in [2.75, 3.05) is 12.3 Å². The first-order valence-electron chi connectivity index (χ1n) is 5.49.